The quantitative estimate of drug-likeness (QED) is 0.0921. The largest absolute Gasteiger partial charge is 0.677 e. The summed E-state index contributed by atoms with van der Waals surface area (Å²) in [7, 11) is 0.271. The van der Waals surface area contributed by atoms with Crippen LogP contribution in [0.15, 0.2) is 138 Å². The molecule has 1 aliphatic carbocycles. The minimum Gasteiger partial charge on any atom is -0.677 e. The van der Waals surface area contributed by atoms with Crippen LogP contribution in [0.1, 0.15) is 73.1 Å². The Morgan fingerprint density at radius 2 is 0.977 bits per heavy atom. The molecule has 0 aromatic heterocycles. The molecular formula is C41H52HfNSi-2. The van der Waals surface area contributed by atoms with Gasteiger partial charge in [-0.15, -0.1) is 6.92 Å². The summed E-state index contributed by atoms with van der Waals surface area (Å²) in [6.07, 6.45) is 11.1. The van der Waals surface area contributed by atoms with Crippen LogP contribution in [0.3, 0.4) is 0 Å². The van der Waals surface area contributed by atoms with Crippen molar-refractivity contribution in [1.82, 2.24) is 0 Å². The van der Waals surface area contributed by atoms with Crippen molar-refractivity contribution < 1.29 is 25.8 Å². The van der Waals surface area contributed by atoms with Crippen molar-refractivity contribution in [2.24, 2.45) is 5.92 Å². The first-order valence-electron chi connectivity index (χ1n) is 15.9. The van der Waals surface area contributed by atoms with Crippen LogP contribution in [0.2, 0.25) is 0 Å². The number of allylic oxidation sites excluding steroid dienone is 4. The van der Waals surface area contributed by atoms with Crippen LogP contribution in [0, 0.1) is 12.0 Å². The van der Waals surface area contributed by atoms with E-state index in [2.05, 4.69) is 150 Å². The van der Waals surface area contributed by atoms with Crippen LogP contribution < -0.4 is 10.4 Å². The van der Waals surface area contributed by atoms with E-state index in [1.165, 1.54) is 70.3 Å². The van der Waals surface area contributed by atoms with Crippen molar-refractivity contribution in [2.75, 3.05) is 6.54 Å². The summed E-state index contributed by atoms with van der Waals surface area (Å²) < 4.78 is 0. The van der Waals surface area contributed by atoms with Gasteiger partial charge >= 0.3 is 0 Å². The van der Waals surface area contributed by atoms with E-state index in [0.29, 0.717) is 12.5 Å². The Kier molecular flexibility index (Phi) is 22.1. The predicted octanol–water partition coefficient (Wildman–Crippen LogP) is 10.5. The van der Waals surface area contributed by atoms with E-state index in [4.69, 9.17) is 5.73 Å². The van der Waals surface area contributed by atoms with Gasteiger partial charge in [0.25, 0.3) is 0 Å². The molecule has 0 amide bonds. The first kappa shape index (κ1) is 39.4. The minimum atomic E-state index is 0. The molecule has 4 aromatic carbocycles. The SMILES string of the molecule is CC1=[C-]C(C)C(C)=C1C.CCCCCCCC[NH-].[Hf].c1ccc(-c2ccccc2)cc1.c1ccc([SiH]c2ccccc2)cc1. The van der Waals surface area contributed by atoms with Gasteiger partial charge in [-0.1, -0.05) is 204 Å². The molecular weight excluding hydrogens is 713 g/mol. The second-order valence-corrected chi connectivity index (χ2v) is 12.6. The molecule has 44 heavy (non-hydrogen) atoms. The van der Waals surface area contributed by atoms with Gasteiger partial charge in [0, 0.05) is 25.8 Å². The van der Waals surface area contributed by atoms with Gasteiger partial charge < -0.3 is 5.73 Å². The maximum absolute atomic E-state index is 6.88. The Labute approximate surface area is 290 Å². The normalized spacial score (nSPS) is 13.1. The number of hydrogen-bond donors (Lipinski definition) is 0. The van der Waals surface area contributed by atoms with Crippen LogP contribution in [-0.2, 0) is 25.8 Å². The van der Waals surface area contributed by atoms with Crippen LogP contribution in [0.25, 0.3) is 16.9 Å². The van der Waals surface area contributed by atoms with Gasteiger partial charge in [0.05, 0.1) is 0 Å². The molecule has 0 heterocycles. The summed E-state index contributed by atoms with van der Waals surface area (Å²) in [5.74, 6) is 0.560. The molecule has 0 saturated carbocycles. The van der Waals surface area contributed by atoms with Crippen LogP contribution >= 0.6 is 0 Å². The van der Waals surface area contributed by atoms with E-state index in [9.17, 15) is 0 Å². The molecule has 5 rings (SSSR count). The first-order chi connectivity index (χ1) is 21.0. The molecule has 0 fully saturated rings. The van der Waals surface area contributed by atoms with E-state index in [1.807, 2.05) is 12.1 Å². The second-order valence-electron chi connectivity index (χ2n) is 11.0. The average Bonchev–Trinajstić information content (AvgIpc) is 3.28. The molecule has 1 nitrogen and oxygen atoms in total. The summed E-state index contributed by atoms with van der Waals surface area (Å²) in [5.41, 5.74) is 13.7. The number of unbranched alkanes of at least 4 members (excludes halogenated alkanes) is 5. The fourth-order valence-electron chi connectivity index (χ4n) is 4.62. The van der Waals surface area contributed by atoms with E-state index < -0.39 is 0 Å². The van der Waals surface area contributed by atoms with Gasteiger partial charge in [-0.2, -0.15) is 17.7 Å². The van der Waals surface area contributed by atoms with Crippen molar-refractivity contribution >= 4 is 19.9 Å². The Morgan fingerprint density at radius 1 is 0.591 bits per heavy atom. The number of rotatable bonds is 9. The van der Waals surface area contributed by atoms with E-state index in [-0.39, 0.29) is 35.4 Å². The molecule has 0 bridgehead atoms. The third-order valence-electron chi connectivity index (χ3n) is 7.58. The summed E-state index contributed by atoms with van der Waals surface area (Å²) in [4.78, 5) is 0. The molecule has 1 unspecified atom stereocenters. The standard InChI is InChI=1S/C12H11Si.C12H10.C9H13.C8H18N.Hf/c1-3-7-11(8-4-1)13-12-9-5-2-6-10-12;1-3-7-11(8-4-1)12-9-5-2-6-10-12;1-6-5-7(2)9(4)8(6)3;1-2-3-4-5-6-7-8-9;/h1-10,13H;1-10H;6H,1-4H3;9H,2-8H2,1H3;/q;;2*-1;. The van der Waals surface area contributed by atoms with Crippen molar-refractivity contribution in [2.45, 2.75) is 73.1 Å². The van der Waals surface area contributed by atoms with Crippen LogP contribution in [0.4, 0.5) is 0 Å². The average molecular weight is 765 g/mol. The molecule has 4 aromatic rings. The fourth-order valence-corrected chi connectivity index (χ4v) is 5.83. The number of nitrogens with one attached hydrogen (secondary N) is 1. The Hall–Kier alpha value is -2.59. The van der Waals surface area contributed by atoms with Crippen molar-refractivity contribution in [1.29, 1.82) is 0 Å². The summed E-state index contributed by atoms with van der Waals surface area (Å²) in [6.45, 7) is 11.5. The maximum Gasteiger partial charge on any atom is 0.103 e. The van der Waals surface area contributed by atoms with Gasteiger partial charge in [0.2, 0.25) is 0 Å². The number of hydrogen-bond acceptors (Lipinski definition) is 0. The van der Waals surface area contributed by atoms with Crippen LogP contribution in [-0.4, -0.2) is 16.1 Å². The third-order valence-corrected chi connectivity index (χ3v) is 9.02. The zero-order valence-electron chi connectivity index (χ0n) is 27.7. The topological polar surface area (TPSA) is 23.8 Å². The second kappa shape index (κ2) is 24.7. The van der Waals surface area contributed by atoms with Gasteiger partial charge in [-0.25, -0.2) is 5.57 Å². The van der Waals surface area contributed by atoms with E-state index in [0.717, 1.165) is 6.42 Å². The molecule has 0 spiro atoms. The fraction of sp³-hybridized carbons (Fsp3) is 0.317. The Balaban J connectivity index is 0.000000296. The zero-order chi connectivity index (χ0) is 31.1. The Morgan fingerprint density at radius 3 is 1.30 bits per heavy atom. The number of benzene rings is 4. The first-order valence-corrected chi connectivity index (χ1v) is 17.1. The monoisotopic (exact) mass is 766 g/mol. The van der Waals surface area contributed by atoms with Gasteiger partial charge in [-0.05, 0) is 11.1 Å². The smallest absolute Gasteiger partial charge is 0.103 e. The summed E-state index contributed by atoms with van der Waals surface area (Å²) in [6, 6.07) is 42.1. The third kappa shape index (κ3) is 16.5. The zero-order valence-corrected chi connectivity index (χ0v) is 32.4. The molecule has 1 aliphatic rings. The predicted molar refractivity (Wildman–Crippen MR) is 194 cm³/mol. The minimum absolute atomic E-state index is 0. The molecule has 1 N–H and O–H groups in total. The molecule has 0 saturated heterocycles. The molecule has 3 heteroatoms. The Bertz CT molecular complexity index is 1220. The van der Waals surface area contributed by atoms with E-state index >= 15 is 0 Å². The molecule has 1 radical (unpaired) electrons. The van der Waals surface area contributed by atoms with Gasteiger partial charge in [0.15, 0.2) is 0 Å². The van der Waals surface area contributed by atoms with Gasteiger partial charge in [0.1, 0.15) is 9.52 Å². The molecule has 0 aliphatic heterocycles. The van der Waals surface area contributed by atoms with Crippen LogP contribution in [0.5, 0.6) is 0 Å². The van der Waals surface area contributed by atoms with Crippen molar-refractivity contribution in [3.63, 3.8) is 0 Å². The molecule has 1 atom stereocenters. The van der Waals surface area contributed by atoms with Crippen molar-refractivity contribution in [3.05, 3.63) is 150 Å². The summed E-state index contributed by atoms with van der Waals surface area (Å²) in [5, 5.41) is 2.90. The van der Waals surface area contributed by atoms with E-state index in [1.54, 1.807) is 0 Å². The summed E-state index contributed by atoms with van der Waals surface area (Å²) >= 11 is 0. The molecule has 231 valence electrons. The van der Waals surface area contributed by atoms with Crippen molar-refractivity contribution in [3.8, 4) is 11.1 Å². The maximum atomic E-state index is 6.88. The van der Waals surface area contributed by atoms with Gasteiger partial charge in [-0.3, -0.25) is 6.08 Å².